The van der Waals surface area contributed by atoms with Gasteiger partial charge in [0.1, 0.15) is 0 Å². The van der Waals surface area contributed by atoms with Gasteiger partial charge in [-0.1, -0.05) is 0 Å². The van der Waals surface area contributed by atoms with Gasteiger partial charge in [0.2, 0.25) is 5.91 Å². The van der Waals surface area contributed by atoms with Gasteiger partial charge in [0.05, 0.1) is 6.54 Å². The maximum absolute atomic E-state index is 12.2. The summed E-state index contributed by atoms with van der Waals surface area (Å²) in [6.45, 7) is 4.45. The van der Waals surface area contributed by atoms with Gasteiger partial charge in [-0.2, -0.15) is 11.3 Å². The predicted molar refractivity (Wildman–Crippen MR) is 83.9 cm³/mol. The molecule has 2 heterocycles. The van der Waals surface area contributed by atoms with E-state index in [-0.39, 0.29) is 5.91 Å². The van der Waals surface area contributed by atoms with Crippen molar-refractivity contribution in [3.63, 3.8) is 0 Å². The number of carbonyl (C=O) groups is 1. The average molecular weight is 295 g/mol. The number of likely N-dealkylation sites (N-methyl/N-ethyl adjacent to an activating group) is 2. The second-order valence-corrected chi connectivity index (χ2v) is 6.57. The lowest BCUT2D eigenvalue weighted by Crippen LogP contribution is -2.41. The normalized spacial score (nSPS) is 19.2. The number of piperidine rings is 1. The second-order valence-electron chi connectivity index (χ2n) is 5.79. The number of nitrogens with zero attached hydrogens (tertiary/aromatic N) is 2. The third kappa shape index (κ3) is 4.89. The molecule has 1 atom stereocenters. The molecule has 0 bridgehead atoms. The Bertz CT molecular complexity index is 401. The van der Waals surface area contributed by atoms with E-state index in [1.54, 1.807) is 11.3 Å². The Morgan fingerprint density at radius 3 is 3.00 bits per heavy atom. The lowest BCUT2D eigenvalue weighted by Gasteiger charge is -2.28. The van der Waals surface area contributed by atoms with Crippen molar-refractivity contribution < 1.29 is 4.79 Å². The van der Waals surface area contributed by atoms with Gasteiger partial charge in [-0.15, -0.1) is 0 Å². The first-order valence-corrected chi connectivity index (χ1v) is 8.23. The highest BCUT2D eigenvalue weighted by atomic mass is 32.1. The van der Waals surface area contributed by atoms with E-state index in [1.807, 2.05) is 19.0 Å². The van der Waals surface area contributed by atoms with Crippen LogP contribution in [0.25, 0.3) is 0 Å². The molecular weight excluding hydrogens is 270 g/mol. The molecule has 1 aromatic heterocycles. The lowest BCUT2D eigenvalue weighted by molar-refractivity contribution is -0.131. The van der Waals surface area contributed by atoms with Gasteiger partial charge in [-0.25, -0.2) is 0 Å². The fraction of sp³-hybridized carbons (Fsp3) is 0.667. The molecule has 1 aliphatic rings. The summed E-state index contributed by atoms with van der Waals surface area (Å²) in [4.78, 5) is 16.2. The zero-order valence-electron chi connectivity index (χ0n) is 12.5. The first-order valence-electron chi connectivity index (χ1n) is 7.29. The molecule has 1 N–H and O–H groups in total. The number of hydrogen-bond acceptors (Lipinski definition) is 4. The van der Waals surface area contributed by atoms with Gasteiger partial charge in [-0.05, 0) is 61.3 Å². The van der Waals surface area contributed by atoms with Crippen LogP contribution in [-0.2, 0) is 11.3 Å². The van der Waals surface area contributed by atoms with E-state index in [4.69, 9.17) is 0 Å². The molecule has 0 saturated carbocycles. The minimum Gasteiger partial charge on any atom is -0.340 e. The number of carbonyl (C=O) groups excluding carboxylic acids is 1. The van der Waals surface area contributed by atoms with Crippen molar-refractivity contribution in [2.75, 3.05) is 40.3 Å². The maximum Gasteiger partial charge on any atom is 0.236 e. The molecule has 1 aromatic rings. The first-order chi connectivity index (χ1) is 9.65. The third-order valence-corrected chi connectivity index (χ3v) is 4.53. The van der Waals surface area contributed by atoms with E-state index in [2.05, 4.69) is 27.0 Å². The summed E-state index contributed by atoms with van der Waals surface area (Å²) in [5.74, 6) is 0.881. The molecule has 1 aliphatic heterocycles. The first kappa shape index (κ1) is 15.5. The van der Waals surface area contributed by atoms with Crippen LogP contribution in [0.2, 0.25) is 0 Å². The van der Waals surface area contributed by atoms with Gasteiger partial charge in [0.25, 0.3) is 0 Å². The van der Waals surface area contributed by atoms with E-state index < -0.39 is 0 Å². The molecule has 1 fully saturated rings. The molecule has 1 saturated heterocycles. The highest BCUT2D eigenvalue weighted by Crippen LogP contribution is 2.12. The average Bonchev–Trinajstić information content (AvgIpc) is 2.92. The molecule has 112 valence electrons. The van der Waals surface area contributed by atoms with Crippen LogP contribution < -0.4 is 5.32 Å². The van der Waals surface area contributed by atoms with Gasteiger partial charge >= 0.3 is 0 Å². The summed E-state index contributed by atoms with van der Waals surface area (Å²) in [7, 11) is 3.93. The Labute approximate surface area is 125 Å². The van der Waals surface area contributed by atoms with Gasteiger partial charge in [0.15, 0.2) is 0 Å². The Balaban J connectivity index is 1.72. The van der Waals surface area contributed by atoms with Crippen molar-refractivity contribution in [2.24, 2.45) is 5.92 Å². The highest BCUT2D eigenvalue weighted by Gasteiger charge is 2.18. The Morgan fingerprint density at radius 1 is 1.50 bits per heavy atom. The summed E-state index contributed by atoms with van der Waals surface area (Å²) in [5.41, 5.74) is 1.21. The lowest BCUT2D eigenvalue weighted by atomic mass is 9.99. The van der Waals surface area contributed by atoms with Crippen LogP contribution in [0.5, 0.6) is 0 Å². The molecule has 2 rings (SSSR count). The summed E-state index contributed by atoms with van der Waals surface area (Å²) in [6.07, 6.45) is 2.53. The van der Waals surface area contributed by atoms with E-state index >= 15 is 0 Å². The van der Waals surface area contributed by atoms with Crippen LogP contribution in [0.1, 0.15) is 18.4 Å². The summed E-state index contributed by atoms with van der Waals surface area (Å²) in [6, 6.07) is 2.08. The number of nitrogens with one attached hydrogen (secondary N) is 1. The minimum atomic E-state index is 0.197. The van der Waals surface area contributed by atoms with E-state index in [9.17, 15) is 4.79 Å². The number of thiophene rings is 1. The zero-order valence-corrected chi connectivity index (χ0v) is 13.3. The van der Waals surface area contributed by atoms with E-state index in [1.165, 1.54) is 18.4 Å². The molecule has 0 radical (unpaired) electrons. The van der Waals surface area contributed by atoms with Crippen LogP contribution in [0.15, 0.2) is 16.8 Å². The molecule has 4 nitrogen and oxygen atoms in total. The number of rotatable bonds is 6. The fourth-order valence-corrected chi connectivity index (χ4v) is 3.34. The molecule has 0 aromatic carbocycles. The molecule has 1 unspecified atom stereocenters. The predicted octanol–water partition coefficient (Wildman–Crippen LogP) is 1.64. The van der Waals surface area contributed by atoms with Crippen LogP contribution in [0.4, 0.5) is 0 Å². The van der Waals surface area contributed by atoms with Gasteiger partial charge in [-0.3, -0.25) is 9.69 Å². The molecule has 5 heteroatoms. The topological polar surface area (TPSA) is 35.6 Å². The van der Waals surface area contributed by atoms with Crippen LogP contribution in [0.3, 0.4) is 0 Å². The molecular formula is C15H25N3OS. The monoisotopic (exact) mass is 295 g/mol. The van der Waals surface area contributed by atoms with E-state index in [0.29, 0.717) is 19.0 Å². The quantitative estimate of drug-likeness (QED) is 0.866. The smallest absolute Gasteiger partial charge is 0.236 e. The largest absolute Gasteiger partial charge is 0.340 e. The minimum absolute atomic E-state index is 0.197. The summed E-state index contributed by atoms with van der Waals surface area (Å²) in [5, 5.41) is 7.57. The van der Waals surface area contributed by atoms with E-state index in [0.717, 1.165) is 19.6 Å². The van der Waals surface area contributed by atoms with Crippen LogP contribution in [0, 0.1) is 5.92 Å². The van der Waals surface area contributed by atoms with Crippen molar-refractivity contribution in [1.82, 2.24) is 15.1 Å². The van der Waals surface area contributed by atoms with Gasteiger partial charge in [0, 0.05) is 20.1 Å². The maximum atomic E-state index is 12.2. The summed E-state index contributed by atoms with van der Waals surface area (Å²) < 4.78 is 0. The Kier molecular flexibility index (Phi) is 6.01. The number of hydrogen-bond donors (Lipinski definition) is 1. The molecule has 0 spiro atoms. The third-order valence-electron chi connectivity index (χ3n) is 3.80. The highest BCUT2D eigenvalue weighted by molar-refractivity contribution is 7.07. The number of amides is 1. The van der Waals surface area contributed by atoms with Crippen molar-refractivity contribution in [3.05, 3.63) is 22.4 Å². The molecule has 20 heavy (non-hydrogen) atoms. The fourth-order valence-electron chi connectivity index (χ4n) is 2.68. The van der Waals surface area contributed by atoms with Crippen molar-refractivity contribution >= 4 is 17.2 Å². The second kappa shape index (κ2) is 7.76. The SMILES string of the molecule is CN(CC(=O)N(C)Cc1ccsc1)CC1CCCNC1. The van der Waals surface area contributed by atoms with Crippen molar-refractivity contribution in [1.29, 1.82) is 0 Å². The van der Waals surface area contributed by atoms with Crippen LogP contribution >= 0.6 is 11.3 Å². The Morgan fingerprint density at radius 2 is 2.35 bits per heavy atom. The molecule has 1 amide bonds. The Hall–Kier alpha value is -0.910. The van der Waals surface area contributed by atoms with Gasteiger partial charge < -0.3 is 10.2 Å². The standard InChI is InChI=1S/C15H25N3OS/c1-17(9-13-4-3-6-16-8-13)11-15(19)18(2)10-14-5-7-20-12-14/h5,7,12-13,16H,3-4,6,8-11H2,1-2H3. The molecule has 0 aliphatic carbocycles. The summed E-state index contributed by atoms with van der Waals surface area (Å²) >= 11 is 1.68. The van der Waals surface area contributed by atoms with Crippen molar-refractivity contribution in [3.8, 4) is 0 Å². The zero-order chi connectivity index (χ0) is 14.4. The van der Waals surface area contributed by atoms with Crippen LogP contribution in [-0.4, -0.2) is 56.0 Å². The van der Waals surface area contributed by atoms with Crippen molar-refractivity contribution in [2.45, 2.75) is 19.4 Å².